The Hall–Kier alpha value is -0.550. The average Bonchev–Trinajstić information content (AvgIpc) is 2.70. The molecular formula is C11H21NO3S. The molecule has 1 heterocycles. The first-order valence-corrected chi connectivity index (χ1v) is 7.67. The summed E-state index contributed by atoms with van der Waals surface area (Å²) in [4.78, 5) is 0. The molecule has 1 aliphatic rings. The topological polar surface area (TPSA) is 55.4 Å². The molecular weight excluding hydrogens is 226 g/mol. The Morgan fingerprint density at radius 1 is 1.56 bits per heavy atom. The Bertz CT molecular complexity index is 348. The third kappa shape index (κ3) is 3.49. The van der Waals surface area contributed by atoms with E-state index in [2.05, 4.69) is 12.2 Å². The van der Waals surface area contributed by atoms with Crippen LogP contribution in [0.3, 0.4) is 0 Å². The maximum atomic E-state index is 11.6. The monoisotopic (exact) mass is 247 g/mol. The van der Waals surface area contributed by atoms with Gasteiger partial charge in [-0.2, -0.15) is 0 Å². The molecule has 2 atom stereocenters. The predicted molar refractivity (Wildman–Crippen MR) is 65.0 cm³/mol. The largest absolute Gasteiger partial charge is 0.496 e. The molecule has 0 fully saturated rings. The third-order valence-electron chi connectivity index (χ3n) is 2.80. The maximum absolute atomic E-state index is 11.6. The fourth-order valence-electron chi connectivity index (χ4n) is 1.70. The van der Waals surface area contributed by atoms with Crippen molar-refractivity contribution in [1.82, 2.24) is 5.32 Å². The van der Waals surface area contributed by atoms with Gasteiger partial charge in [-0.05, 0) is 26.0 Å². The summed E-state index contributed by atoms with van der Waals surface area (Å²) in [6.07, 6.45) is 5.10. The van der Waals surface area contributed by atoms with Gasteiger partial charge in [-0.25, -0.2) is 8.42 Å². The third-order valence-corrected chi connectivity index (χ3v) is 4.42. The van der Waals surface area contributed by atoms with Gasteiger partial charge in [0, 0.05) is 12.7 Å². The molecule has 0 radical (unpaired) electrons. The highest BCUT2D eigenvalue weighted by Gasteiger charge is 2.30. The number of nitrogens with one attached hydrogen (secondary N) is 1. The van der Waals surface area contributed by atoms with E-state index in [1.807, 2.05) is 6.08 Å². The van der Waals surface area contributed by atoms with Crippen molar-refractivity contribution in [2.45, 2.75) is 38.0 Å². The highest BCUT2D eigenvalue weighted by atomic mass is 32.2. The van der Waals surface area contributed by atoms with E-state index in [0.717, 1.165) is 25.1 Å². The first kappa shape index (κ1) is 13.5. The lowest BCUT2D eigenvalue weighted by Crippen LogP contribution is -2.44. The first-order chi connectivity index (χ1) is 7.46. The molecule has 0 bridgehead atoms. The van der Waals surface area contributed by atoms with Crippen LogP contribution in [0, 0.1) is 0 Å². The fourth-order valence-corrected chi connectivity index (χ4v) is 2.42. The van der Waals surface area contributed by atoms with Crippen molar-refractivity contribution in [2.24, 2.45) is 0 Å². The second-order valence-electron chi connectivity index (χ2n) is 4.21. The van der Waals surface area contributed by atoms with Crippen molar-refractivity contribution in [1.29, 1.82) is 0 Å². The van der Waals surface area contributed by atoms with Crippen molar-refractivity contribution in [2.75, 3.05) is 19.4 Å². The molecule has 94 valence electrons. The lowest BCUT2D eigenvalue weighted by atomic mass is 10.1. The molecule has 1 rings (SSSR count). The predicted octanol–water partition coefficient (Wildman–Crippen LogP) is 1.09. The smallest absolute Gasteiger partial charge is 0.152 e. The Labute approximate surface area is 98.0 Å². The van der Waals surface area contributed by atoms with Crippen LogP contribution >= 0.6 is 0 Å². The van der Waals surface area contributed by atoms with Crippen LogP contribution in [-0.4, -0.2) is 39.1 Å². The lowest BCUT2D eigenvalue weighted by Gasteiger charge is -2.24. The summed E-state index contributed by atoms with van der Waals surface area (Å²) >= 11 is 0. The zero-order valence-corrected chi connectivity index (χ0v) is 11.0. The molecule has 0 spiro atoms. The van der Waals surface area contributed by atoms with Crippen molar-refractivity contribution in [3.8, 4) is 0 Å². The summed E-state index contributed by atoms with van der Waals surface area (Å²) < 4.78 is 28.6. The quantitative estimate of drug-likeness (QED) is 0.763. The van der Waals surface area contributed by atoms with Crippen LogP contribution in [0.15, 0.2) is 11.8 Å². The molecule has 0 aliphatic carbocycles. The molecule has 1 aliphatic heterocycles. The van der Waals surface area contributed by atoms with Crippen LogP contribution in [-0.2, 0) is 14.6 Å². The minimum absolute atomic E-state index is 0.211. The van der Waals surface area contributed by atoms with Gasteiger partial charge >= 0.3 is 0 Å². The molecule has 16 heavy (non-hydrogen) atoms. The Kier molecular flexibility index (Phi) is 4.80. The molecule has 0 aromatic heterocycles. The Balaban J connectivity index is 2.78. The van der Waals surface area contributed by atoms with Gasteiger partial charge < -0.3 is 10.1 Å². The molecule has 0 amide bonds. The second kappa shape index (κ2) is 5.68. The number of hydrogen-bond acceptors (Lipinski definition) is 4. The van der Waals surface area contributed by atoms with E-state index >= 15 is 0 Å². The van der Waals surface area contributed by atoms with Crippen molar-refractivity contribution >= 4 is 9.84 Å². The molecule has 1 N–H and O–H groups in total. The Morgan fingerprint density at radius 3 is 2.69 bits per heavy atom. The minimum atomic E-state index is -3.05. The normalized spacial score (nSPS) is 20.1. The Morgan fingerprint density at radius 2 is 2.25 bits per heavy atom. The van der Waals surface area contributed by atoms with Gasteiger partial charge in [-0.3, -0.25) is 0 Å². The van der Waals surface area contributed by atoms with Gasteiger partial charge in [0.25, 0.3) is 0 Å². The molecule has 2 unspecified atom stereocenters. The highest BCUT2D eigenvalue weighted by molar-refractivity contribution is 7.91. The van der Waals surface area contributed by atoms with Gasteiger partial charge in [0.1, 0.15) is 5.76 Å². The second-order valence-corrected chi connectivity index (χ2v) is 6.61. The molecule has 0 aromatic carbocycles. The summed E-state index contributed by atoms with van der Waals surface area (Å²) in [6.45, 7) is 5.24. The number of sulfone groups is 1. The van der Waals surface area contributed by atoms with Crippen molar-refractivity contribution in [3.63, 3.8) is 0 Å². The van der Waals surface area contributed by atoms with Crippen LogP contribution in [0.25, 0.3) is 0 Å². The van der Waals surface area contributed by atoms with Crippen molar-refractivity contribution < 1.29 is 13.2 Å². The van der Waals surface area contributed by atoms with E-state index < -0.39 is 15.1 Å². The maximum Gasteiger partial charge on any atom is 0.152 e. The number of hydrogen-bond donors (Lipinski definition) is 1. The van der Waals surface area contributed by atoms with Crippen LogP contribution in [0.5, 0.6) is 0 Å². The van der Waals surface area contributed by atoms with Crippen molar-refractivity contribution in [3.05, 3.63) is 11.8 Å². The lowest BCUT2D eigenvalue weighted by molar-refractivity contribution is 0.213. The number of ether oxygens (including phenoxy) is 1. The van der Waals surface area contributed by atoms with Gasteiger partial charge in [-0.15, -0.1) is 0 Å². The molecule has 0 saturated carbocycles. The molecule has 5 heteroatoms. The van der Waals surface area contributed by atoms with E-state index in [9.17, 15) is 8.42 Å². The molecule has 0 saturated heterocycles. The SMILES string of the molecule is CCCNC(C1=CCCO1)C(C)S(C)(=O)=O. The summed E-state index contributed by atoms with van der Waals surface area (Å²) in [5.74, 6) is 0.784. The number of rotatable bonds is 6. The fraction of sp³-hybridized carbons (Fsp3) is 0.818. The summed E-state index contributed by atoms with van der Waals surface area (Å²) in [5.41, 5.74) is 0. The molecule has 4 nitrogen and oxygen atoms in total. The van der Waals surface area contributed by atoms with Gasteiger partial charge in [-0.1, -0.05) is 6.92 Å². The minimum Gasteiger partial charge on any atom is -0.496 e. The molecule has 0 aromatic rings. The first-order valence-electron chi connectivity index (χ1n) is 5.72. The summed E-state index contributed by atoms with van der Waals surface area (Å²) in [6, 6.07) is -0.211. The van der Waals surface area contributed by atoms with E-state index in [4.69, 9.17) is 4.74 Å². The van der Waals surface area contributed by atoms with E-state index in [0.29, 0.717) is 6.61 Å². The average molecular weight is 247 g/mol. The van der Waals surface area contributed by atoms with Gasteiger partial charge in [0.05, 0.1) is 17.9 Å². The summed E-state index contributed by atoms with van der Waals surface area (Å²) in [7, 11) is -3.05. The van der Waals surface area contributed by atoms with E-state index in [-0.39, 0.29) is 6.04 Å². The standard InChI is InChI=1S/C11H21NO3S/c1-4-7-12-11(9(2)16(3,13)14)10-6-5-8-15-10/h6,9,11-12H,4-5,7-8H2,1-3H3. The zero-order chi connectivity index (χ0) is 12.2. The van der Waals surface area contributed by atoms with Crippen LogP contribution in [0.2, 0.25) is 0 Å². The van der Waals surface area contributed by atoms with E-state index in [1.165, 1.54) is 6.26 Å². The highest BCUT2D eigenvalue weighted by Crippen LogP contribution is 2.19. The van der Waals surface area contributed by atoms with Gasteiger partial charge in [0.2, 0.25) is 0 Å². The van der Waals surface area contributed by atoms with Crippen LogP contribution in [0.4, 0.5) is 0 Å². The van der Waals surface area contributed by atoms with Crippen LogP contribution < -0.4 is 5.32 Å². The summed E-state index contributed by atoms with van der Waals surface area (Å²) in [5, 5.41) is 2.79. The zero-order valence-electron chi connectivity index (χ0n) is 10.2. The van der Waals surface area contributed by atoms with Crippen LogP contribution in [0.1, 0.15) is 26.7 Å². The van der Waals surface area contributed by atoms with E-state index in [1.54, 1.807) is 6.92 Å². The van der Waals surface area contributed by atoms with Gasteiger partial charge in [0.15, 0.2) is 9.84 Å².